The first-order valence-corrected chi connectivity index (χ1v) is 5.58. The smallest absolute Gasteiger partial charge is 0.258 e. The van der Waals surface area contributed by atoms with Gasteiger partial charge in [-0.25, -0.2) is 4.98 Å². The van der Waals surface area contributed by atoms with Gasteiger partial charge in [0, 0.05) is 12.0 Å². The molecule has 0 atom stereocenters. The molecule has 0 amide bonds. The van der Waals surface area contributed by atoms with E-state index in [0.29, 0.717) is 23.3 Å². The van der Waals surface area contributed by atoms with Crippen LogP contribution in [-0.2, 0) is 5.41 Å². The summed E-state index contributed by atoms with van der Waals surface area (Å²) in [5.41, 5.74) is 5.96. The van der Waals surface area contributed by atoms with Gasteiger partial charge in [-0.3, -0.25) is 4.79 Å². The summed E-state index contributed by atoms with van der Waals surface area (Å²) >= 11 is 0. The van der Waals surface area contributed by atoms with Gasteiger partial charge in [-0.15, -0.1) is 0 Å². The third kappa shape index (κ3) is 1.51. The van der Waals surface area contributed by atoms with Gasteiger partial charge in [-0.1, -0.05) is 0 Å². The number of hydrogen-bond donors (Lipinski definition) is 3. The van der Waals surface area contributed by atoms with Gasteiger partial charge in [-0.2, -0.15) is 0 Å². The quantitative estimate of drug-likeness (QED) is 0.706. The molecule has 1 aromatic heterocycles. The van der Waals surface area contributed by atoms with Crippen molar-refractivity contribution in [1.82, 2.24) is 9.97 Å². The number of aromatic amines is 1. The molecule has 1 aliphatic carbocycles. The third-order valence-electron chi connectivity index (χ3n) is 3.44. The molecule has 0 spiro atoms. The molecular weight excluding hydrogens is 218 g/mol. The number of nitrogens with one attached hydrogen (secondary N) is 1. The number of rotatable bonds is 2. The van der Waals surface area contributed by atoms with E-state index in [9.17, 15) is 9.90 Å². The van der Waals surface area contributed by atoms with Crippen molar-refractivity contribution in [2.45, 2.75) is 18.3 Å². The van der Waals surface area contributed by atoms with Crippen LogP contribution in [0.2, 0.25) is 0 Å². The second kappa shape index (κ2) is 3.30. The van der Waals surface area contributed by atoms with Crippen molar-refractivity contribution in [2.24, 2.45) is 5.73 Å². The lowest BCUT2D eigenvalue weighted by atomic mass is 10.1. The largest absolute Gasteiger partial charge is 0.508 e. The van der Waals surface area contributed by atoms with Crippen LogP contribution in [0.15, 0.2) is 23.0 Å². The minimum Gasteiger partial charge on any atom is -0.508 e. The number of nitrogens with zero attached hydrogens (tertiary/aromatic N) is 1. The monoisotopic (exact) mass is 231 g/mol. The summed E-state index contributed by atoms with van der Waals surface area (Å²) in [6, 6.07) is 4.60. The molecule has 0 saturated heterocycles. The minimum absolute atomic E-state index is 0.0671. The average Bonchev–Trinajstić information content (AvgIpc) is 3.11. The first-order chi connectivity index (χ1) is 8.14. The lowest BCUT2D eigenvalue weighted by molar-refractivity contribution is 0.476. The lowest BCUT2D eigenvalue weighted by Gasteiger charge is -2.11. The molecule has 2 aromatic rings. The molecule has 0 aliphatic heterocycles. The van der Waals surface area contributed by atoms with Crippen LogP contribution < -0.4 is 11.3 Å². The summed E-state index contributed by atoms with van der Waals surface area (Å²) in [5.74, 6) is 0.737. The summed E-state index contributed by atoms with van der Waals surface area (Å²) in [4.78, 5) is 19.1. The first-order valence-electron chi connectivity index (χ1n) is 5.58. The van der Waals surface area contributed by atoms with Crippen molar-refractivity contribution in [3.63, 3.8) is 0 Å². The first kappa shape index (κ1) is 10.3. The Morgan fingerprint density at radius 2 is 2.24 bits per heavy atom. The fourth-order valence-electron chi connectivity index (χ4n) is 2.07. The predicted octanol–water partition coefficient (Wildman–Crippen LogP) is 0.619. The van der Waals surface area contributed by atoms with Gasteiger partial charge in [-0.05, 0) is 31.0 Å². The number of nitrogens with two attached hydrogens (primary N) is 1. The van der Waals surface area contributed by atoms with E-state index in [1.165, 1.54) is 12.1 Å². The molecule has 17 heavy (non-hydrogen) atoms. The molecular formula is C12H13N3O2. The molecule has 1 heterocycles. The second-order valence-corrected chi connectivity index (χ2v) is 4.60. The maximum Gasteiger partial charge on any atom is 0.258 e. The van der Waals surface area contributed by atoms with Crippen LogP contribution in [0.1, 0.15) is 18.7 Å². The summed E-state index contributed by atoms with van der Waals surface area (Å²) in [6.45, 7) is 0.500. The number of phenols is 1. The van der Waals surface area contributed by atoms with Gasteiger partial charge in [0.1, 0.15) is 11.6 Å². The molecule has 0 radical (unpaired) electrons. The number of benzene rings is 1. The molecule has 1 saturated carbocycles. The van der Waals surface area contributed by atoms with E-state index in [0.717, 1.165) is 12.8 Å². The zero-order chi connectivity index (χ0) is 12.0. The van der Waals surface area contributed by atoms with Crippen LogP contribution >= 0.6 is 0 Å². The van der Waals surface area contributed by atoms with Crippen LogP contribution in [-0.4, -0.2) is 21.6 Å². The molecule has 1 aromatic carbocycles. The van der Waals surface area contributed by atoms with Crippen molar-refractivity contribution in [1.29, 1.82) is 0 Å². The minimum atomic E-state index is -0.222. The highest BCUT2D eigenvalue weighted by atomic mass is 16.3. The molecule has 5 nitrogen and oxygen atoms in total. The Morgan fingerprint density at radius 1 is 1.47 bits per heavy atom. The number of H-pyrrole nitrogens is 1. The Balaban J connectivity index is 2.25. The molecule has 0 bridgehead atoms. The Hall–Kier alpha value is -1.88. The van der Waals surface area contributed by atoms with E-state index in [1.54, 1.807) is 6.07 Å². The normalized spacial score (nSPS) is 17.2. The van der Waals surface area contributed by atoms with Crippen molar-refractivity contribution in [2.75, 3.05) is 6.54 Å². The van der Waals surface area contributed by atoms with Crippen molar-refractivity contribution < 1.29 is 5.11 Å². The molecule has 3 rings (SSSR count). The van der Waals surface area contributed by atoms with Gasteiger partial charge >= 0.3 is 0 Å². The summed E-state index contributed by atoms with van der Waals surface area (Å²) in [5, 5.41) is 9.75. The fourth-order valence-corrected chi connectivity index (χ4v) is 2.07. The number of aromatic nitrogens is 2. The van der Waals surface area contributed by atoms with E-state index in [1.807, 2.05) is 0 Å². The Kier molecular flexibility index (Phi) is 2.00. The number of phenolic OH excluding ortho intramolecular Hbond substituents is 1. The van der Waals surface area contributed by atoms with Crippen LogP contribution in [0.4, 0.5) is 0 Å². The lowest BCUT2D eigenvalue weighted by Crippen LogP contribution is -2.25. The van der Waals surface area contributed by atoms with Crippen molar-refractivity contribution in [3.05, 3.63) is 34.4 Å². The van der Waals surface area contributed by atoms with E-state index < -0.39 is 0 Å². The van der Waals surface area contributed by atoms with Gasteiger partial charge in [0.05, 0.1) is 10.9 Å². The van der Waals surface area contributed by atoms with E-state index in [2.05, 4.69) is 9.97 Å². The van der Waals surface area contributed by atoms with Gasteiger partial charge in [0.2, 0.25) is 0 Å². The molecule has 4 N–H and O–H groups in total. The fraction of sp³-hybridized carbons (Fsp3) is 0.333. The zero-order valence-electron chi connectivity index (χ0n) is 9.23. The van der Waals surface area contributed by atoms with Crippen LogP contribution in [0.3, 0.4) is 0 Å². The molecule has 0 unspecified atom stereocenters. The molecule has 5 heteroatoms. The zero-order valence-corrected chi connectivity index (χ0v) is 9.23. The predicted molar refractivity (Wildman–Crippen MR) is 64.0 cm³/mol. The Bertz CT molecular complexity index is 644. The maximum atomic E-state index is 11.9. The van der Waals surface area contributed by atoms with Crippen molar-refractivity contribution >= 4 is 10.9 Å². The van der Waals surface area contributed by atoms with Gasteiger partial charge in [0.25, 0.3) is 5.56 Å². The second-order valence-electron chi connectivity index (χ2n) is 4.60. The van der Waals surface area contributed by atoms with Gasteiger partial charge < -0.3 is 15.8 Å². The maximum absolute atomic E-state index is 11.9. The SMILES string of the molecule is NCC1(c2nc3ccc(O)cc3c(=O)[nH]2)CC1. The van der Waals surface area contributed by atoms with Crippen LogP contribution in [0.5, 0.6) is 5.75 Å². The number of hydrogen-bond acceptors (Lipinski definition) is 4. The molecule has 1 aliphatic rings. The molecule has 1 fully saturated rings. The average molecular weight is 231 g/mol. The summed E-state index contributed by atoms with van der Waals surface area (Å²) in [6.07, 6.45) is 1.94. The number of aromatic hydroxyl groups is 1. The van der Waals surface area contributed by atoms with Crippen LogP contribution in [0.25, 0.3) is 10.9 Å². The van der Waals surface area contributed by atoms with E-state index >= 15 is 0 Å². The topological polar surface area (TPSA) is 92.0 Å². The summed E-state index contributed by atoms with van der Waals surface area (Å²) in [7, 11) is 0. The van der Waals surface area contributed by atoms with E-state index in [-0.39, 0.29) is 16.7 Å². The molecule has 88 valence electrons. The van der Waals surface area contributed by atoms with Gasteiger partial charge in [0.15, 0.2) is 0 Å². The van der Waals surface area contributed by atoms with Crippen molar-refractivity contribution in [3.8, 4) is 5.75 Å². The highest BCUT2D eigenvalue weighted by Gasteiger charge is 2.45. The Morgan fingerprint density at radius 3 is 2.88 bits per heavy atom. The Labute approximate surface area is 97.3 Å². The third-order valence-corrected chi connectivity index (χ3v) is 3.44. The van der Waals surface area contributed by atoms with Crippen LogP contribution in [0, 0.1) is 0 Å². The summed E-state index contributed by atoms with van der Waals surface area (Å²) < 4.78 is 0. The highest BCUT2D eigenvalue weighted by Crippen LogP contribution is 2.45. The number of fused-ring (bicyclic) bond motifs is 1. The highest BCUT2D eigenvalue weighted by molar-refractivity contribution is 5.79. The van der Waals surface area contributed by atoms with E-state index in [4.69, 9.17) is 5.73 Å². The standard InChI is InChI=1S/C12H13N3O2/c13-6-12(3-4-12)11-14-9-2-1-7(16)5-8(9)10(17)15-11/h1-2,5,16H,3-4,6,13H2,(H,14,15,17).